The quantitative estimate of drug-likeness (QED) is 0.483. The number of nitrogens with zero attached hydrogens (tertiary/aromatic N) is 6. The maximum atomic E-state index is 5.12. The van der Waals surface area contributed by atoms with Crippen LogP contribution in [0.1, 0.15) is 5.56 Å². The fraction of sp³-hybridized carbons (Fsp3) is 0.0952. The van der Waals surface area contributed by atoms with Crippen LogP contribution in [-0.4, -0.2) is 37.1 Å². The lowest BCUT2D eigenvalue weighted by atomic mass is 10.1. The van der Waals surface area contributed by atoms with Gasteiger partial charge in [0.05, 0.1) is 24.9 Å². The second-order valence-electron chi connectivity index (χ2n) is 6.41. The first-order valence-corrected chi connectivity index (χ1v) is 8.84. The molecule has 4 heterocycles. The van der Waals surface area contributed by atoms with Gasteiger partial charge in [0.15, 0.2) is 5.65 Å². The van der Waals surface area contributed by atoms with Gasteiger partial charge in [-0.15, -0.1) is 5.10 Å². The second-order valence-corrected chi connectivity index (χ2v) is 6.41. The van der Waals surface area contributed by atoms with E-state index < -0.39 is 0 Å². The van der Waals surface area contributed by atoms with Crippen LogP contribution in [0.2, 0.25) is 0 Å². The smallest absolute Gasteiger partial charge is 0.212 e. The van der Waals surface area contributed by atoms with Crippen LogP contribution in [0.5, 0.6) is 5.88 Å². The zero-order valence-electron chi connectivity index (χ0n) is 15.1. The van der Waals surface area contributed by atoms with E-state index in [0.29, 0.717) is 12.4 Å². The Morgan fingerprint density at radius 3 is 2.75 bits per heavy atom. The molecule has 136 valence electrons. The Morgan fingerprint density at radius 2 is 1.89 bits per heavy atom. The van der Waals surface area contributed by atoms with Crippen LogP contribution in [0.4, 0.5) is 0 Å². The third-order valence-corrected chi connectivity index (χ3v) is 4.60. The van der Waals surface area contributed by atoms with Gasteiger partial charge in [-0.1, -0.05) is 17.3 Å². The van der Waals surface area contributed by atoms with Gasteiger partial charge < -0.3 is 4.74 Å². The van der Waals surface area contributed by atoms with Crippen molar-refractivity contribution in [2.75, 3.05) is 7.11 Å². The number of ether oxygens (including phenoxy) is 1. The standard InChI is InChI=1S/C21H16N6O/c1-28-20-9-5-16(12-23-20)18-7-8-19-21(24-18)27(26-25-19)13-14-4-6-17-15(11-14)3-2-10-22-17/h2-12H,13H2,1H3. The van der Waals surface area contributed by atoms with Crippen molar-refractivity contribution in [1.29, 1.82) is 0 Å². The lowest BCUT2D eigenvalue weighted by Gasteiger charge is -2.06. The molecule has 0 aliphatic carbocycles. The Labute approximate surface area is 160 Å². The third kappa shape index (κ3) is 2.92. The van der Waals surface area contributed by atoms with Gasteiger partial charge in [-0.05, 0) is 42.0 Å². The summed E-state index contributed by atoms with van der Waals surface area (Å²) in [6.07, 6.45) is 3.55. The van der Waals surface area contributed by atoms with Gasteiger partial charge in [0, 0.05) is 29.4 Å². The SMILES string of the molecule is COc1ccc(-c2ccc3nnn(Cc4ccc5ncccc5c4)c3n2)cn1. The van der Waals surface area contributed by atoms with E-state index in [9.17, 15) is 0 Å². The lowest BCUT2D eigenvalue weighted by molar-refractivity contribution is 0.398. The highest BCUT2D eigenvalue weighted by atomic mass is 16.5. The van der Waals surface area contributed by atoms with Crippen molar-refractivity contribution in [2.45, 2.75) is 6.54 Å². The molecule has 7 heteroatoms. The van der Waals surface area contributed by atoms with Crippen molar-refractivity contribution in [1.82, 2.24) is 29.9 Å². The fourth-order valence-electron chi connectivity index (χ4n) is 3.17. The predicted octanol–water partition coefficient (Wildman–Crippen LogP) is 3.49. The molecule has 0 unspecified atom stereocenters. The first kappa shape index (κ1) is 16.3. The maximum Gasteiger partial charge on any atom is 0.212 e. The first-order valence-electron chi connectivity index (χ1n) is 8.84. The molecule has 5 aromatic rings. The molecule has 0 spiro atoms. The Morgan fingerprint density at radius 1 is 0.964 bits per heavy atom. The molecule has 0 radical (unpaired) electrons. The minimum atomic E-state index is 0.572. The largest absolute Gasteiger partial charge is 0.481 e. The topological polar surface area (TPSA) is 78.6 Å². The second kappa shape index (κ2) is 6.70. The van der Waals surface area contributed by atoms with E-state index in [1.54, 1.807) is 19.5 Å². The van der Waals surface area contributed by atoms with Crippen molar-refractivity contribution in [3.63, 3.8) is 0 Å². The van der Waals surface area contributed by atoms with Crippen LogP contribution in [0.25, 0.3) is 33.3 Å². The van der Waals surface area contributed by atoms with Crippen molar-refractivity contribution >= 4 is 22.1 Å². The normalized spacial score (nSPS) is 11.2. The van der Waals surface area contributed by atoms with Crippen molar-refractivity contribution in [3.8, 4) is 17.1 Å². The van der Waals surface area contributed by atoms with E-state index in [1.165, 1.54) is 0 Å². The number of pyridine rings is 3. The molecule has 4 aromatic heterocycles. The summed E-state index contributed by atoms with van der Waals surface area (Å²) in [7, 11) is 1.60. The average molecular weight is 368 g/mol. The minimum absolute atomic E-state index is 0.572. The molecule has 0 aliphatic rings. The average Bonchev–Trinajstić information content (AvgIpc) is 3.16. The fourth-order valence-corrected chi connectivity index (χ4v) is 3.17. The Hall–Kier alpha value is -3.87. The molecule has 0 fully saturated rings. The van der Waals surface area contributed by atoms with Gasteiger partial charge in [-0.2, -0.15) is 0 Å². The number of fused-ring (bicyclic) bond motifs is 2. The third-order valence-electron chi connectivity index (χ3n) is 4.60. The molecule has 0 amide bonds. The molecule has 0 saturated carbocycles. The van der Waals surface area contributed by atoms with Crippen LogP contribution in [-0.2, 0) is 6.54 Å². The summed E-state index contributed by atoms with van der Waals surface area (Å²) in [5.74, 6) is 0.572. The van der Waals surface area contributed by atoms with Crippen LogP contribution >= 0.6 is 0 Å². The zero-order valence-corrected chi connectivity index (χ0v) is 15.1. The summed E-state index contributed by atoms with van der Waals surface area (Å²) in [4.78, 5) is 13.4. The number of hydrogen-bond donors (Lipinski definition) is 0. The highest BCUT2D eigenvalue weighted by molar-refractivity contribution is 5.79. The van der Waals surface area contributed by atoms with Crippen LogP contribution in [0.3, 0.4) is 0 Å². The van der Waals surface area contributed by atoms with Crippen molar-refractivity contribution < 1.29 is 4.74 Å². The summed E-state index contributed by atoms with van der Waals surface area (Å²) in [5.41, 5.74) is 5.31. The molecule has 0 aliphatic heterocycles. The van der Waals surface area contributed by atoms with E-state index in [4.69, 9.17) is 9.72 Å². The first-order chi connectivity index (χ1) is 13.8. The molecular weight excluding hydrogens is 352 g/mol. The van der Waals surface area contributed by atoms with Crippen LogP contribution < -0.4 is 4.74 Å². The van der Waals surface area contributed by atoms with E-state index in [1.807, 2.05) is 41.1 Å². The van der Waals surface area contributed by atoms with Gasteiger partial charge in [0.25, 0.3) is 0 Å². The van der Waals surface area contributed by atoms with Crippen LogP contribution in [0.15, 0.2) is 67.0 Å². The Kier molecular flexibility index (Phi) is 3.90. The number of benzene rings is 1. The molecule has 5 rings (SSSR count). The van der Waals surface area contributed by atoms with Gasteiger partial charge in [-0.25, -0.2) is 14.6 Å². The van der Waals surface area contributed by atoms with E-state index in [2.05, 4.69) is 38.5 Å². The molecular formula is C21H16N6O. The van der Waals surface area contributed by atoms with Crippen molar-refractivity contribution in [3.05, 3.63) is 72.6 Å². The predicted molar refractivity (Wildman–Crippen MR) is 106 cm³/mol. The van der Waals surface area contributed by atoms with Gasteiger partial charge in [0.1, 0.15) is 5.52 Å². The molecule has 0 bridgehead atoms. The Balaban J connectivity index is 1.51. The minimum Gasteiger partial charge on any atom is -0.481 e. The molecule has 28 heavy (non-hydrogen) atoms. The monoisotopic (exact) mass is 368 g/mol. The number of hydrogen-bond acceptors (Lipinski definition) is 6. The number of methoxy groups -OCH3 is 1. The summed E-state index contributed by atoms with van der Waals surface area (Å²) in [6.45, 7) is 0.582. The molecule has 7 nitrogen and oxygen atoms in total. The summed E-state index contributed by atoms with van der Waals surface area (Å²) in [6, 6.07) is 17.8. The molecule has 0 N–H and O–H groups in total. The van der Waals surface area contributed by atoms with Gasteiger partial charge in [-0.3, -0.25) is 4.98 Å². The summed E-state index contributed by atoms with van der Waals surface area (Å²) in [5, 5.41) is 9.63. The highest BCUT2D eigenvalue weighted by Gasteiger charge is 2.10. The van der Waals surface area contributed by atoms with E-state index in [-0.39, 0.29) is 0 Å². The lowest BCUT2D eigenvalue weighted by Crippen LogP contribution is -2.03. The van der Waals surface area contributed by atoms with E-state index >= 15 is 0 Å². The maximum absolute atomic E-state index is 5.12. The zero-order chi connectivity index (χ0) is 18.9. The molecule has 1 aromatic carbocycles. The Bertz CT molecular complexity index is 1280. The summed E-state index contributed by atoms with van der Waals surface area (Å²) >= 11 is 0. The number of aromatic nitrogens is 6. The van der Waals surface area contributed by atoms with E-state index in [0.717, 1.165) is 38.9 Å². The van der Waals surface area contributed by atoms with Gasteiger partial charge in [0.2, 0.25) is 5.88 Å². The molecule has 0 saturated heterocycles. The van der Waals surface area contributed by atoms with Crippen LogP contribution in [0, 0.1) is 0 Å². The highest BCUT2D eigenvalue weighted by Crippen LogP contribution is 2.22. The van der Waals surface area contributed by atoms with Crippen molar-refractivity contribution in [2.24, 2.45) is 0 Å². The molecule has 0 atom stereocenters. The van der Waals surface area contributed by atoms with Gasteiger partial charge >= 0.3 is 0 Å². The summed E-state index contributed by atoms with van der Waals surface area (Å²) < 4.78 is 6.93. The number of rotatable bonds is 4.